The van der Waals surface area contributed by atoms with Crippen LogP contribution in [0.3, 0.4) is 0 Å². The molecule has 1 aliphatic heterocycles. The van der Waals surface area contributed by atoms with Gasteiger partial charge in [-0.1, -0.05) is 0 Å². The monoisotopic (exact) mass is 329 g/mol. The third-order valence-electron chi connectivity index (χ3n) is 3.98. The van der Waals surface area contributed by atoms with E-state index in [0.717, 1.165) is 23.5 Å². The highest BCUT2D eigenvalue weighted by Gasteiger charge is 2.22. The zero-order valence-corrected chi connectivity index (χ0v) is 14.1. The molecule has 2 heterocycles. The maximum absolute atomic E-state index is 12.0. The van der Waals surface area contributed by atoms with E-state index in [1.54, 1.807) is 10.9 Å². The first-order valence-corrected chi connectivity index (χ1v) is 8.35. The van der Waals surface area contributed by atoms with Crippen LogP contribution < -0.4 is 14.8 Å². The predicted molar refractivity (Wildman–Crippen MR) is 90.1 cm³/mol. The maximum atomic E-state index is 12.0. The summed E-state index contributed by atoms with van der Waals surface area (Å²) in [7, 11) is 0. The molecule has 1 atom stereocenters. The molecule has 1 amide bonds. The molecule has 0 bridgehead atoms. The molecule has 2 aromatic rings. The number of aromatic nitrogens is 2. The first kappa shape index (κ1) is 16.4. The minimum absolute atomic E-state index is 0.0114. The molecule has 1 aromatic carbocycles. The van der Waals surface area contributed by atoms with Gasteiger partial charge in [0.05, 0.1) is 6.61 Å². The second-order valence-corrected chi connectivity index (χ2v) is 5.93. The van der Waals surface area contributed by atoms with Gasteiger partial charge in [-0.05, 0) is 32.0 Å². The van der Waals surface area contributed by atoms with Crippen molar-refractivity contribution in [2.45, 2.75) is 45.9 Å². The smallest absolute Gasteiger partial charge is 0.222 e. The number of nitrogens with zero attached hydrogens (tertiary/aromatic N) is 2. The first-order valence-electron chi connectivity index (χ1n) is 8.35. The van der Waals surface area contributed by atoms with Gasteiger partial charge >= 0.3 is 0 Å². The number of hydrogen-bond acceptors (Lipinski definition) is 4. The SMILES string of the molecule is CCOc1cc2c(cc1CNC(=O)CCn1cccn1)O[C@@H](C)C2. The summed E-state index contributed by atoms with van der Waals surface area (Å²) in [5, 5.41) is 7.04. The van der Waals surface area contributed by atoms with Crippen LogP contribution in [0.4, 0.5) is 0 Å². The molecule has 0 spiro atoms. The molecule has 0 radical (unpaired) electrons. The molecule has 3 rings (SSSR count). The number of fused-ring (bicyclic) bond motifs is 1. The third kappa shape index (κ3) is 3.88. The van der Waals surface area contributed by atoms with Crippen LogP contribution in [0.2, 0.25) is 0 Å². The molecule has 1 aromatic heterocycles. The second kappa shape index (κ2) is 7.38. The summed E-state index contributed by atoms with van der Waals surface area (Å²) in [5.41, 5.74) is 2.11. The summed E-state index contributed by atoms with van der Waals surface area (Å²) >= 11 is 0. The number of ether oxygens (including phenoxy) is 2. The van der Waals surface area contributed by atoms with E-state index in [-0.39, 0.29) is 12.0 Å². The Kier molecular flexibility index (Phi) is 5.03. The van der Waals surface area contributed by atoms with Gasteiger partial charge in [-0.3, -0.25) is 9.48 Å². The van der Waals surface area contributed by atoms with Crippen molar-refractivity contribution >= 4 is 5.91 Å². The highest BCUT2D eigenvalue weighted by atomic mass is 16.5. The summed E-state index contributed by atoms with van der Waals surface area (Å²) in [6.07, 6.45) is 5.03. The lowest BCUT2D eigenvalue weighted by Crippen LogP contribution is -2.24. The Balaban J connectivity index is 1.61. The number of benzene rings is 1. The van der Waals surface area contributed by atoms with Crippen molar-refractivity contribution in [1.29, 1.82) is 0 Å². The summed E-state index contributed by atoms with van der Waals surface area (Å²) in [4.78, 5) is 12.0. The third-order valence-corrected chi connectivity index (χ3v) is 3.98. The average molecular weight is 329 g/mol. The van der Waals surface area contributed by atoms with Crippen molar-refractivity contribution in [3.05, 3.63) is 41.7 Å². The van der Waals surface area contributed by atoms with Crippen LogP contribution in [-0.2, 0) is 24.3 Å². The molecular formula is C18H23N3O3. The van der Waals surface area contributed by atoms with Crippen molar-refractivity contribution in [3.63, 3.8) is 0 Å². The Labute approximate surface area is 141 Å². The van der Waals surface area contributed by atoms with Crippen molar-refractivity contribution < 1.29 is 14.3 Å². The number of amides is 1. The quantitative estimate of drug-likeness (QED) is 0.846. The lowest BCUT2D eigenvalue weighted by Gasteiger charge is -2.13. The highest BCUT2D eigenvalue weighted by molar-refractivity contribution is 5.75. The van der Waals surface area contributed by atoms with E-state index in [2.05, 4.69) is 17.3 Å². The van der Waals surface area contributed by atoms with Gasteiger partial charge < -0.3 is 14.8 Å². The van der Waals surface area contributed by atoms with Gasteiger partial charge in [-0.25, -0.2) is 0 Å². The standard InChI is InChI=1S/C18H23N3O3/c1-3-23-16-10-14-9-13(2)24-17(14)11-15(16)12-19-18(22)5-8-21-7-4-6-20-21/h4,6-7,10-11,13H,3,5,8-9,12H2,1-2H3,(H,19,22)/t13-/m0/s1. The van der Waals surface area contributed by atoms with Crippen LogP contribution in [0.1, 0.15) is 31.4 Å². The molecule has 0 saturated carbocycles. The number of carbonyl (C=O) groups is 1. The fraction of sp³-hybridized carbons (Fsp3) is 0.444. The van der Waals surface area contributed by atoms with Crippen molar-refractivity contribution in [1.82, 2.24) is 15.1 Å². The van der Waals surface area contributed by atoms with Gasteiger partial charge in [0, 0.05) is 49.5 Å². The van der Waals surface area contributed by atoms with E-state index in [9.17, 15) is 4.79 Å². The number of nitrogens with one attached hydrogen (secondary N) is 1. The largest absolute Gasteiger partial charge is 0.494 e. The molecule has 0 aliphatic carbocycles. The maximum Gasteiger partial charge on any atom is 0.222 e. The van der Waals surface area contributed by atoms with Gasteiger partial charge in [0.15, 0.2) is 0 Å². The molecule has 6 nitrogen and oxygen atoms in total. The van der Waals surface area contributed by atoms with E-state index >= 15 is 0 Å². The van der Waals surface area contributed by atoms with Crippen molar-refractivity contribution in [2.24, 2.45) is 0 Å². The van der Waals surface area contributed by atoms with Crippen LogP contribution in [0.25, 0.3) is 0 Å². The summed E-state index contributed by atoms with van der Waals surface area (Å²) in [6.45, 7) is 5.60. The van der Waals surface area contributed by atoms with Gasteiger partial charge in [-0.2, -0.15) is 5.10 Å². The summed E-state index contributed by atoms with van der Waals surface area (Å²) < 4.78 is 13.3. The van der Waals surface area contributed by atoms with Crippen LogP contribution >= 0.6 is 0 Å². The first-order chi connectivity index (χ1) is 11.7. The second-order valence-electron chi connectivity index (χ2n) is 5.93. The van der Waals surface area contributed by atoms with Crippen molar-refractivity contribution in [2.75, 3.05) is 6.61 Å². The Hall–Kier alpha value is -2.50. The molecule has 6 heteroatoms. The average Bonchev–Trinajstić information content (AvgIpc) is 3.19. The van der Waals surface area contributed by atoms with Crippen LogP contribution in [0.5, 0.6) is 11.5 Å². The van der Waals surface area contributed by atoms with E-state index < -0.39 is 0 Å². The molecule has 1 N–H and O–H groups in total. The van der Waals surface area contributed by atoms with Gasteiger partial charge in [0.25, 0.3) is 0 Å². The molecule has 24 heavy (non-hydrogen) atoms. The van der Waals surface area contributed by atoms with Gasteiger partial charge in [0.2, 0.25) is 5.91 Å². The van der Waals surface area contributed by atoms with E-state index in [4.69, 9.17) is 9.47 Å². The molecule has 1 aliphatic rings. The van der Waals surface area contributed by atoms with Crippen LogP contribution in [0, 0.1) is 0 Å². The summed E-state index contributed by atoms with van der Waals surface area (Å²) in [5.74, 6) is 1.70. The van der Waals surface area contributed by atoms with Crippen LogP contribution in [0.15, 0.2) is 30.6 Å². The number of rotatable bonds is 7. The predicted octanol–water partition coefficient (Wildman–Crippen LogP) is 2.31. The lowest BCUT2D eigenvalue weighted by molar-refractivity contribution is -0.121. The fourth-order valence-corrected chi connectivity index (χ4v) is 2.84. The van der Waals surface area contributed by atoms with Crippen LogP contribution in [-0.4, -0.2) is 28.4 Å². The normalized spacial score (nSPS) is 15.7. The minimum atomic E-state index is -0.0114. The van der Waals surface area contributed by atoms with E-state index in [1.165, 1.54) is 5.56 Å². The number of hydrogen-bond donors (Lipinski definition) is 1. The van der Waals surface area contributed by atoms with E-state index in [1.807, 2.05) is 31.3 Å². The Morgan fingerprint density at radius 1 is 1.50 bits per heavy atom. The number of aryl methyl sites for hydroxylation is 1. The number of carbonyl (C=O) groups excluding carboxylic acids is 1. The van der Waals surface area contributed by atoms with Gasteiger partial charge in [-0.15, -0.1) is 0 Å². The highest BCUT2D eigenvalue weighted by Crippen LogP contribution is 2.35. The lowest BCUT2D eigenvalue weighted by atomic mass is 10.1. The molecular weight excluding hydrogens is 306 g/mol. The molecule has 0 saturated heterocycles. The van der Waals surface area contributed by atoms with Crippen molar-refractivity contribution in [3.8, 4) is 11.5 Å². The topological polar surface area (TPSA) is 65.4 Å². The summed E-state index contributed by atoms with van der Waals surface area (Å²) in [6, 6.07) is 5.86. The molecule has 0 unspecified atom stereocenters. The fourth-order valence-electron chi connectivity index (χ4n) is 2.84. The minimum Gasteiger partial charge on any atom is -0.494 e. The molecule has 128 valence electrons. The Morgan fingerprint density at radius 3 is 3.12 bits per heavy atom. The molecule has 0 fully saturated rings. The Bertz CT molecular complexity index is 698. The zero-order chi connectivity index (χ0) is 16.9. The zero-order valence-electron chi connectivity index (χ0n) is 14.1. The van der Waals surface area contributed by atoms with Gasteiger partial charge in [0.1, 0.15) is 17.6 Å². The Morgan fingerprint density at radius 2 is 2.38 bits per heavy atom. The van der Waals surface area contributed by atoms with E-state index in [0.29, 0.717) is 26.1 Å².